The number of guanidine groups is 1. The topological polar surface area (TPSA) is 164 Å². The van der Waals surface area contributed by atoms with Crippen molar-refractivity contribution in [2.45, 2.75) is 99.7 Å². The Morgan fingerprint density at radius 1 is 1.11 bits per heavy atom. The van der Waals surface area contributed by atoms with Crippen LogP contribution in [0.15, 0.2) is 16.6 Å². The zero-order chi connectivity index (χ0) is 33.3. The minimum Gasteiger partial charge on any atom is -0.481 e. The summed E-state index contributed by atoms with van der Waals surface area (Å²) < 4.78 is 18.9. The molecule has 5 N–H and O–H groups in total. The summed E-state index contributed by atoms with van der Waals surface area (Å²) in [6.07, 6.45) is 4.59. The molecule has 3 saturated carbocycles. The van der Waals surface area contributed by atoms with E-state index < -0.39 is 51.2 Å². The molecule has 11 atom stereocenters. The molecular weight excluding hydrogens is 574 g/mol. The molecule has 5 aliphatic rings. The van der Waals surface area contributed by atoms with E-state index >= 15 is 0 Å². The fourth-order valence-electron chi connectivity index (χ4n) is 11.3. The summed E-state index contributed by atoms with van der Waals surface area (Å²) in [6.45, 7) is 17.7. The highest BCUT2D eigenvalue weighted by Gasteiger charge is 2.74. The first kappa shape index (κ1) is 33.9. The van der Waals surface area contributed by atoms with E-state index in [1.54, 1.807) is 0 Å². The molecule has 0 aromatic heterocycles. The van der Waals surface area contributed by atoms with Crippen LogP contribution in [-0.4, -0.2) is 67.4 Å². The highest BCUT2D eigenvalue weighted by Crippen LogP contribution is 2.74. The second-order valence-electron chi connectivity index (χ2n) is 16.2. The summed E-state index contributed by atoms with van der Waals surface area (Å²) in [7, 11) is 0. The molecule has 1 saturated heterocycles. The van der Waals surface area contributed by atoms with Gasteiger partial charge >= 0.3 is 11.9 Å². The maximum Gasteiger partial charge on any atom is 0.308 e. The van der Waals surface area contributed by atoms with Crippen molar-refractivity contribution in [3.05, 3.63) is 11.6 Å². The SMILES string of the molecule is CC(=O)O[C@@H]1C[C@@]23COC[C@](C)([C@@H]2CC[C@H]2C3=CC(=O)[C@@]3(C)[C@H](C(=O)O)[C@@](C)([C@H](C)C(C)C)CC[C@]23C)[C@H]1OCCN=C(N)N. The van der Waals surface area contributed by atoms with Crippen molar-refractivity contribution in [3.8, 4) is 0 Å². The molecule has 1 heterocycles. The highest BCUT2D eigenvalue weighted by atomic mass is 16.6. The minimum atomic E-state index is -1.06. The quantitative estimate of drug-likeness (QED) is 0.153. The number of ketones is 1. The molecule has 0 spiro atoms. The van der Waals surface area contributed by atoms with Crippen molar-refractivity contribution in [2.24, 2.45) is 73.1 Å². The third-order valence-corrected chi connectivity index (χ3v) is 13.9. The van der Waals surface area contributed by atoms with Crippen LogP contribution in [-0.2, 0) is 28.6 Å². The number of aliphatic carboxylic acids is 1. The summed E-state index contributed by atoms with van der Waals surface area (Å²) in [5.74, 6) is -1.60. The first-order valence-electron chi connectivity index (χ1n) is 16.8. The van der Waals surface area contributed by atoms with Crippen molar-refractivity contribution >= 4 is 23.7 Å². The maximum absolute atomic E-state index is 14.7. The van der Waals surface area contributed by atoms with Gasteiger partial charge in [0.05, 0.1) is 32.3 Å². The summed E-state index contributed by atoms with van der Waals surface area (Å²) in [6, 6.07) is 0. The standard InChI is InChI=1S/C35H55N3O7/c1-19(2)20(3)31(5)11-12-33(7)22-9-10-25-32(6)17-43-18-35(25,23(22)15-26(40)34(33,8)27(31)29(41)42)16-24(45-21(4)39)28(32)44-14-13-38-30(36)37/h15,19-20,22,24-25,27-28H,9-14,16-18H2,1-8H3,(H,41,42)(H4,36,37,38)/t20-,22+,24-,25+,27-,28+,31-,32-,33-,34+,35+/m1/s1. The van der Waals surface area contributed by atoms with Crippen LogP contribution in [0.25, 0.3) is 0 Å². The summed E-state index contributed by atoms with van der Waals surface area (Å²) >= 11 is 0. The number of fused-ring (bicyclic) bond motifs is 3. The van der Waals surface area contributed by atoms with Crippen molar-refractivity contribution in [2.75, 3.05) is 26.4 Å². The molecule has 4 fully saturated rings. The predicted octanol–water partition coefficient (Wildman–Crippen LogP) is 4.34. The molecule has 0 unspecified atom stereocenters. The van der Waals surface area contributed by atoms with E-state index in [4.69, 9.17) is 25.7 Å². The van der Waals surface area contributed by atoms with Gasteiger partial charge in [0.1, 0.15) is 12.2 Å². The molecule has 1 aliphatic heterocycles. The fourth-order valence-corrected chi connectivity index (χ4v) is 11.3. The van der Waals surface area contributed by atoms with Crippen LogP contribution in [0.1, 0.15) is 87.5 Å². The molecule has 0 radical (unpaired) electrons. The Labute approximate surface area is 268 Å². The van der Waals surface area contributed by atoms with Crippen molar-refractivity contribution in [1.82, 2.24) is 0 Å². The number of carboxylic acids is 1. The molecule has 10 nitrogen and oxygen atoms in total. The van der Waals surface area contributed by atoms with Crippen LogP contribution in [0.2, 0.25) is 0 Å². The van der Waals surface area contributed by atoms with E-state index in [1.165, 1.54) is 6.92 Å². The van der Waals surface area contributed by atoms with Gasteiger partial charge < -0.3 is 30.8 Å². The molecule has 4 aliphatic carbocycles. The number of ether oxygens (including phenoxy) is 3. The number of hydrogen-bond acceptors (Lipinski definition) is 7. The zero-order valence-electron chi connectivity index (χ0n) is 28.5. The third kappa shape index (κ3) is 4.78. The number of carbonyl (C=O) groups is 3. The minimum absolute atomic E-state index is 0.00967. The Hall–Kier alpha value is -2.46. The summed E-state index contributed by atoms with van der Waals surface area (Å²) in [5, 5.41) is 10.9. The van der Waals surface area contributed by atoms with Gasteiger partial charge in [-0.3, -0.25) is 19.4 Å². The Morgan fingerprint density at radius 2 is 1.80 bits per heavy atom. The third-order valence-electron chi connectivity index (χ3n) is 13.9. The predicted molar refractivity (Wildman–Crippen MR) is 170 cm³/mol. The Morgan fingerprint density at radius 3 is 2.40 bits per heavy atom. The molecular formula is C35H55N3O7. The van der Waals surface area contributed by atoms with E-state index in [-0.39, 0.29) is 54.5 Å². The zero-order valence-corrected chi connectivity index (χ0v) is 28.5. The number of nitrogens with zero attached hydrogens (tertiary/aromatic N) is 1. The largest absolute Gasteiger partial charge is 0.481 e. The fraction of sp³-hybridized carbons (Fsp3) is 0.829. The number of aliphatic imine (C=N–C) groups is 1. The van der Waals surface area contributed by atoms with E-state index in [0.29, 0.717) is 19.6 Å². The van der Waals surface area contributed by atoms with Gasteiger partial charge in [-0.25, -0.2) is 0 Å². The lowest BCUT2D eigenvalue weighted by Crippen LogP contribution is -2.71. The summed E-state index contributed by atoms with van der Waals surface area (Å²) in [5.41, 5.74) is 8.95. The number of nitrogens with two attached hydrogens (primary N) is 2. The highest BCUT2D eigenvalue weighted by molar-refractivity contribution is 6.00. The lowest BCUT2D eigenvalue weighted by atomic mass is 9.34. The lowest BCUT2D eigenvalue weighted by Gasteiger charge is -2.70. The first-order chi connectivity index (χ1) is 20.9. The smallest absolute Gasteiger partial charge is 0.308 e. The summed E-state index contributed by atoms with van der Waals surface area (Å²) in [4.78, 5) is 44.6. The second-order valence-corrected chi connectivity index (χ2v) is 16.2. The van der Waals surface area contributed by atoms with Crippen LogP contribution in [0.5, 0.6) is 0 Å². The second kappa shape index (κ2) is 11.4. The average molecular weight is 630 g/mol. The Bertz CT molecular complexity index is 1290. The van der Waals surface area contributed by atoms with Gasteiger partial charge in [-0.15, -0.1) is 0 Å². The molecule has 2 bridgehead atoms. The van der Waals surface area contributed by atoms with Gasteiger partial charge in [0.25, 0.3) is 0 Å². The van der Waals surface area contributed by atoms with E-state index in [9.17, 15) is 19.5 Å². The molecule has 5 rings (SSSR count). The van der Waals surface area contributed by atoms with Crippen LogP contribution >= 0.6 is 0 Å². The first-order valence-corrected chi connectivity index (χ1v) is 16.8. The van der Waals surface area contributed by atoms with E-state index in [0.717, 1.165) is 31.3 Å². The Kier molecular flexibility index (Phi) is 8.55. The van der Waals surface area contributed by atoms with E-state index in [1.807, 2.05) is 13.0 Å². The van der Waals surface area contributed by atoms with Gasteiger partial charge in [-0.05, 0) is 72.7 Å². The van der Waals surface area contributed by atoms with Crippen molar-refractivity contribution in [1.29, 1.82) is 0 Å². The molecule has 252 valence electrons. The van der Waals surface area contributed by atoms with Crippen molar-refractivity contribution in [3.63, 3.8) is 0 Å². The van der Waals surface area contributed by atoms with Gasteiger partial charge in [0, 0.05) is 23.2 Å². The van der Waals surface area contributed by atoms with Gasteiger partial charge in [-0.1, -0.05) is 54.0 Å². The van der Waals surface area contributed by atoms with Crippen LogP contribution in [0.4, 0.5) is 0 Å². The van der Waals surface area contributed by atoms with Gasteiger partial charge in [0.2, 0.25) is 0 Å². The van der Waals surface area contributed by atoms with Crippen molar-refractivity contribution < 1.29 is 33.7 Å². The lowest BCUT2D eigenvalue weighted by molar-refractivity contribution is -0.265. The van der Waals surface area contributed by atoms with Crippen LogP contribution in [0.3, 0.4) is 0 Å². The molecule has 0 aromatic rings. The number of allylic oxidation sites excluding steroid dienone is 1. The van der Waals surface area contributed by atoms with Crippen LogP contribution < -0.4 is 11.5 Å². The van der Waals surface area contributed by atoms with Gasteiger partial charge in [0.15, 0.2) is 11.7 Å². The van der Waals surface area contributed by atoms with Gasteiger partial charge in [-0.2, -0.15) is 0 Å². The number of carboxylic acid groups (broad SMARTS) is 1. The molecule has 0 aromatic carbocycles. The molecule has 45 heavy (non-hydrogen) atoms. The Balaban J connectivity index is 1.60. The number of hydrogen-bond donors (Lipinski definition) is 3. The number of carbonyl (C=O) groups excluding carboxylic acids is 2. The number of esters is 1. The normalized spacial score (nSPS) is 44.5. The molecule has 10 heteroatoms. The average Bonchev–Trinajstić information content (AvgIpc) is 2.93. The maximum atomic E-state index is 14.7. The molecule has 0 amide bonds. The van der Waals surface area contributed by atoms with Crippen LogP contribution in [0, 0.1) is 56.7 Å². The van der Waals surface area contributed by atoms with E-state index in [2.05, 4.69) is 46.5 Å². The number of rotatable bonds is 8. The monoisotopic (exact) mass is 629 g/mol.